The van der Waals surface area contributed by atoms with E-state index in [4.69, 9.17) is 0 Å². The average Bonchev–Trinajstić information content (AvgIpc) is 1.85. The number of rotatable bonds is 2. The summed E-state index contributed by atoms with van der Waals surface area (Å²) in [4.78, 5) is 3.79. The molecule has 0 radical (unpaired) electrons. The molecule has 1 rings (SSSR count). The molecule has 0 bridgehead atoms. The van der Waals surface area contributed by atoms with Crippen LogP contribution < -0.4 is 4.74 Å². The summed E-state index contributed by atoms with van der Waals surface area (Å²) in [5.74, 6) is 0.286. The number of halogens is 2. The largest absolute Gasteiger partial charge is 0.444 e. The highest BCUT2D eigenvalue weighted by Crippen LogP contribution is 2.15. The van der Waals surface area contributed by atoms with Gasteiger partial charge in [-0.2, -0.15) is 0 Å². The molecule has 60 valence electrons. The molecule has 11 heavy (non-hydrogen) atoms. The number of pyridine rings is 1. The molecule has 0 aromatic carbocycles. The van der Waals surface area contributed by atoms with Crippen LogP contribution >= 0.6 is 15.9 Å². The van der Waals surface area contributed by atoms with E-state index < -0.39 is 6.36 Å². The lowest BCUT2D eigenvalue weighted by Crippen LogP contribution is -2.04. The second-order valence-corrected chi connectivity index (χ2v) is 2.89. The molecule has 0 aliphatic carbocycles. The number of hydrogen-bond donors (Lipinski definition) is 0. The highest BCUT2D eigenvalue weighted by molar-refractivity contribution is 9.10. The Morgan fingerprint density at radius 2 is 2.45 bits per heavy atom. The quantitative estimate of drug-likeness (QED) is 0.763. The van der Waals surface area contributed by atoms with Crippen LogP contribution in [0, 0.1) is 0 Å². The van der Waals surface area contributed by atoms with Gasteiger partial charge in [0.1, 0.15) is 0 Å². The first kappa shape index (κ1) is 8.46. The van der Waals surface area contributed by atoms with Crippen LogP contribution in [0.15, 0.2) is 22.8 Å². The average molecular weight is 220 g/mol. The molecule has 0 N–H and O–H groups in total. The maximum atomic E-state index is 12.2. The van der Waals surface area contributed by atoms with Crippen molar-refractivity contribution in [3.63, 3.8) is 0 Å². The predicted octanol–water partition coefficient (Wildman–Crippen LogP) is 2.54. The lowest BCUT2D eigenvalue weighted by molar-refractivity contribution is 0.0809. The maximum Gasteiger partial charge on any atom is 0.237 e. The highest BCUT2D eigenvalue weighted by Gasteiger charge is 2.00. The van der Waals surface area contributed by atoms with Crippen molar-refractivity contribution in [2.45, 2.75) is 13.3 Å². The summed E-state index contributed by atoms with van der Waals surface area (Å²) < 4.78 is 17.8. The van der Waals surface area contributed by atoms with E-state index in [9.17, 15) is 4.39 Å². The van der Waals surface area contributed by atoms with E-state index in [0.717, 1.165) is 4.47 Å². The third-order valence-corrected chi connectivity index (χ3v) is 1.47. The second kappa shape index (κ2) is 3.67. The molecule has 0 saturated heterocycles. The Morgan fingerprint density at radius 1 is 1.73 bits per heavy atom. The summed E-state index contributed by atoms with van der Waals surface area (Å²) in [6, 6.07) is 3.35. The van der Waals surface area contributed by atoms with Crippen molar-refractivity contribution < 1.29 is 9.13 Å². The zero-order chi connectivity index (χ0) is 8.27. The van der Waals surface area contributed by atoms with Crippen LogP contribution in [0.2, 0.25) is 0 Å². The molecule has 1 aromatic heterocycles. The van der Waals surface area contributed by atoms with E-state index in [2.05, 4.69) is 25.7 Å². The number of ether oxygens (including phenoxy) is 1. The van der Waals surface area contributed by atoms with E-state index in [1.165, 1.54) is 6.92 Å². The van der Waals surface area contributed by atoms with Gasteiger partial charge in [-0.15, -0.1) is 0 Å². The smallest absolute Gasteiger partial charge is 0.237 e. The lowest BCUT2D eigenvalue weighted by atomic mass is 10.5. The number of hydrogen-bond acceptors (Lipinski definition) is 2. The van der Waals surface area contributed by atoms with E-state index >= 15 is 0 Å². The SMILES string of the molecule is CC(F)Oc1cc(Br)ccn1. The van der Waals surface area contributed by atoms with Gasteiger partial charge in [0.2, 0.25) is 12.2 Å². The van der Waals surface area contributed by atoms with Crippen molar-refractivity contribution in [3.8, 4) is 5.88 Å². The monoisotopic (exact) mass is 219 g/mol. The van der Waals surface area contributed by atoms with Gasteiger partial charge in [-0.3, -0.25) is 0 Å². The Bertz CT molecular complexity index is 242. The van der Waals surface area contributed by atoms with Crippen LogP contribution in [0.4, 0.5) is 4.39 Å². The van der Waals surface area contributed by atoms with Crippen molar-refractivity contribution >= 4 is 15.9 Å². The van der Waals surface area contributed by atoms with Gasteiger partial charge in [-0.1, -0.05) is 15.9 Å². The molecule has 0 saturated carbocycles. The van der Waals surface area contributed by atoms with Gasteiger partial charge in [-0.05, 0) is 6.07 Å². The minimum Gasteiger partial charge on any atom is -0.444 e. The van der Waals surface area contributed by atoms with Crippen LogP contribution in [0.1, 0.15) is 6.92 Å². The second-order valence-electron chi connectivity index (χ2n) is 1.97. The molecule has 1 atom stereocenters. The highest BCUT2D eigenvalue weighted by atomic mass is 79.9. The van der Waals surface area contributed by atoms with Gasteiger partial charge >= 0.3 is 0 Å². The molecule has 1 unspecified atom stereocenters. The van der Waals surface area contributed by atoms with E-state index in [0.29, 0.717) is 0 Å². The first-order chi connectivity index (χ1) is 5.18. The van der Waals surface area contributed by atoms with Crippen molar-refractivity contribution in [2.24, 2.45) is 0 Å². The van der Waals surface area contributed by atoms with Gasteiger partial charge in [0.05, 0.1) is 0 Å². The summed E-state index contributed by atoms with van der Waals surface area (Å²) in [6.45, 7) is 1.31. The zero-order valence-corrected chi connectivity index (χ0v) is 7.51. The molecule has 0 fully saturated rings. The summed E-state index contributed by atoms with van der Waals surface area (Å²) >= 11 is 3.21. The molecule has 0 amide bonds. The van der Waals surface area contributed by atoms with Crippen molar-refractivity contribution in [1.29, 1.82) is 0 Å². The van der Waals surface area contributed by atoms with E-state index in [1.807, 2.05) is 0 Å². The third-order valence-electron chi connectivity index (χ3n) is 0.980. The molecule has 4 heteroatoms. The predicted molar refractivity (Wildman–Crippen MR) is 43.1 cm³/mol. The topological polar surface area (TPSA) is 22.1 Å². The molecule has 0 aliphatic heterocycles. The first-order valence-corrected chi connectivity index (χ1v) is 3.90. The fourth-order valence-corrected chi connectivity index (χ4v) is 0.930. The molecule has 0 spiro atoms. The van der Waals surface area contributed by atoms with Gasteiger partial charge in [0.15, 0.2) is 0 Å². The molecule has 1 heterocycles. The third kappa shape index (κ3) is 2.84. The van der Waals surface area contributed by atoms with Crippen molar-refractivity contribution in [3.05, 3.63) is 22.8 Å². The molecular formula is C7H7BrFNO. The Morgan fingerprint density at radius 3 is 3.00 bits per heavy atom. The Balaban J connectivity index is 2.71. The first-order valence-electron chi connectivity index (χ1n) is 3.11. The van der Waals surface area contributed by atoms with E-state index in [-0.39, 0.29) is 5.88 Å². The fraction of sp³-hybridized carbons (Fsp3) is 0.286. The maximum absolute atomic E-state index is 12.2. The van der Waals surface area contributed by atoms with Crippen LogP contribution in [-0.2, 0) is 0 Å². The number of alkyl halides is 1. The van der Waals surface area contributed by atoms with Gasteiger partial charge in [-0.25, -0.2) is 9.37 Å². The van der Waals surface area contributed by atoms with Crippen LogP contribution in [0.3, 0.4) is 0 Å². The van der Waals surface area contributed by atoms with E-state index in [1.54, 1.807) is 18.3 Å². The molecule has 1 aromatic rings. The normalized spacial score (nSPS) is 12.6. The number of aromatic nitrogens is 1. The standard InChI is InChI=1S/C7H7BrFNO/c1-5(9)11-7-4-6(8)2-3-10-7/h2-5H,1H3. The van der Waals surface area contributed by atoms with Crippen LogP contribution in [-0.4, -0.2) is 11.3 Å². The summed E-state index contributed by atoms with van der Waals surface area (Å²) in [5.41, 5.74) is 0. The minimum absolute atomic E-state index is 0.286. The Kier molecular flexibility index (Phi) is 2.82. The summed E-state index contributed by atoms with van der Waals surface area (Å²) in [6.07, 6.45) is 0.221. The fourth-order valence-electron chi connectivity index (χ4n) is 0.616. The molecule has 0 aliphatic rings. The van der Waals surface area contributed by atoms with Crippen molar-refractivity contribution in [1.82, 2.24) is 4.98 Å². The van der Waals surface area contributed by atoms with Gasteiger partial charge in [0.25, 0.3) is 0 Å². The Labute approximate surface area is 72.5 Å². The van der Waals surface area contributed by atoms with Gasteiger partial charge < -0.3 is 4.74 Å². The molecular weight excluding hydrogens is 213 g/mol. The molecule has 2 nitrogen and oxygen atoms in total. The van der Waals surface area contributed by atoms with Crippen LogP contribution in [0.5, 0.6) is 5.88 Å². The summed E-state index contributed by atoms with van der Waals surface area (Å²) in [5, 5.41) is 0. The number of nitrogens with zero attached hydrogens (tertiary/aromatic N) is 1. The van der Waals surface area contributed by atoms with Crippen molar-refractivity contribution in [2.75, 3.05) is 0 Å². The van der Waals surface area contributed by atoms with Crippen LogP contribution in [0.25, 0.3) is 0 Å². The minimum atomic E-state index is -1.32. The lowest BCUT2D eigenvalue weighted by Gasteiger charge is -2.04. The zero-order valence-electron chi connectivity index (χ0n) is 5.92. The summed E-state index contributed by atoms with van der Waals surface area (Å²) in [7, 11) is 0. The Hall–Kier alpha value is -0.640. The van der Waals surface area contributed by atoms with Gasteiger partial charge in [0, 0.05) is 23.7 Å².